The molecule has 0 saturated heterocycles. The Labute approximate surface area is 146 Å². The van der Waals surface area contributed by atoms with Crippen LogP contribution in [-0.4, -0.2) is 39.6 Å². The van der Waals surface area contributed by atoms with Crippen molar-refractivity contribution < 1.29 is 9.53 Å². The van der Waals surface area contributed by atoms with E-state index < -0.39 is 0 Å². The lowest BCUT2D eigenvalue weighted by atomic mass is 9.97. The molecule has 2 aromatic rings. The highest BCUT2D eigenvalue weighted by Gasteiger charge is 2.20. The molecule has 1 amide bonds. The van der Waals surface area contributed by atoms with Crippen molar-refractivity contribution in [2.24, 2.45) is 5.92 Å². The molecule has 1 aromatic heterocycles. The van der Waals surface area contributed by atoms with Gasteiger partial charge in [-0.15, -0.1) is 10.2 Å². The number of amides is 1. The van der Waals surface area contributed by atoms with Gasteiger partial charge in [0.05, 0.1) is 12.4 Å². The summed E-state index contributed by atoms with van der Waals surface area (Å²) in [6.45, 7) is 5.40. The number of hydrogen-bond acceptors (Lipinski definition) is 5. The van der Waals surface area contributed by atoms with Crippen LogP contribution in [0.1, 0.15) is 25.5 Å². The Kier molecular flexibility index (Phi) is 5.40. The van der Waals surface area contributed by atoms with Gasteiger partial charge in [0, 0.05) is 18.5 Å². The molecule has 3 rings (SSSR count). The van der Waals surface area contributed by atoms with Gasteiger partial charge in [-0.05, 0) is 31.9 Å². The Morgan fingerprint density at radius 2 is 2.29 bits per heavy atom. The molecular formula is C17H22N4O2S. The monoisotopic (exact) mass is 346 g/mol. The lowest BCUT2D eigenvalue weighted by Crippen LogP contribution is -2.35. The minimum absolute atomic E-state index is 0.0113. The van der Waals surface area contributed by atoms with Gasteiger partial charge in [-0.25, -0.2) is 0 Å². The van der Waals surface area contributed by atoms with Crippen LogP contribution < -0.4 is 10.1 Å². The second-order valence-corrected chi connectivity index (χ2v) is 7.14. The average molecular weight is 346 g/mol. The van der Waals surface area contributed by atoms with Crippen LogP contribution in [0, 0.1) is 5.92 Å². The van der Waals surface area contributed by atoms with Gasteiger partial charge in [0.25, 0.3) is 0 Å². The Morgan fingerprint density at radius 3 is 3.12 bits per heavy atom. The molecule has 0 spiro atoms. The number of benzene rings is 1. The van der Waals surface area contributed by atoms with Crippen LogP contribution in [0.5, 0.6) is 5.75 Å². The zero-order valence-corrected chi connectivity index (χ0v) is 14.8. The zero-order valence-electron chi connectivity index (χ0n) is 13.9. The number of hydrogen-bond donors (Lipinski definition) is 1. The third kappa shape index (κ3) is 4.08. The number of carbonyl (C=O) groups is 1. The van der Waals surface area contributed by atoms with Crippen molar-refractivity contribution in [3.8, 4) is 5.75 Å². The van der Waals surface area contributed by atoms with Gasteiger partial charge in [-0.1, -0.05) is 30.0 Å². The Hall–Kier alpha value is -2.02. The Balaban J connectivity index is 1.44. The van der Waals surface area contributed by atoms with Crippen molar-refractivity contribution in [1.29, 1.82) is 0 Å². The third-order valence-corrected chi connectivity index (χ3v) is 4.93. The predicted octanol–water partition coefficient (Wildman–Crippen LogP) is 2.32. The van der Waals surface area contributed by atoms with E-state index in [9.17, 15) is 4.79 Å². The molecule has 0 fully saturated rings. The quantitative estimate of drug-likeness (QED) is 0.813. The van der Waals surface area contributed by atoms with E-state index >= 15 is 0 Å². The summed E-state index contributed by atoms with van der Waals surface area (Å²) >= 11 is 1.41. The molecule has 0 aliphatic carbocycles. The highest BCUT2D eigenvalue weighted by Crippen LogP contribution is 2.26. The van der Waals surface area contributed by atoms with Crippen molar-refractivity contribution in [2.45, 2.75) is 31.5 Å². The molecule has 1 N–H and O–H groups in total. The van der Waals surface area contributed by atoms with Gasteiger partial charge in [0.15, 0.2) is 5.16 Å². The normalized spacial score (nSPS) is 16.5. The SMILES string of the molecule is CC(C)n1cnnc1SCC(=O)NCC1COc2ccccc2C1. The topological polar surface area (TPSA) is 69.0 Å². The minimum atomic E-state index is 0.0113. The van der Waals surface area contributed by atoms with Crippen molar-refractivity contribution >= 4 is 17.7 Å². The first-order chi connectivity index (χ1) is 11.6. The first-order valence-electron chi connectivity index (χ1n) is 8.13. The van der Waals surface area contributed by atoms with E-state index in [2.05, 4.69) is 35.4 Å². The van der Waals surface area contributed by atoms with Crippen LogP contribution in [0.4, 0.5) is 0 Å². The Morgan fingerprint density at radius 1 is 1.46 bits per heavy atom. The highest BCUT2D eigenvalue weighted by atomic mass is 32.2. The fourth-order valence-corrected chi connectivity index (χ4v) is 3.52. The summed E-state index contributed by atoms with van der Waals surface area (Å²) in [7, 11) is 0. The second-order valence-electron chi connectivity index (χ2n) is 6.20. The molecule has 1 aromatic carbocycles. The van der Waals surface area contributed by atoms with Gasteiger partial charge >= 0.3 is 0 Å². The van der Waals surface area contributed by atoms with Crippen LogP contribution in [0.15, 0.2) is 35.7 Å². The number of ether oxygens (including phenoxy) is 1. The molecule has 1 unspecified atom stereocenters. The van der Waals surface area contributed by atoms with Gasteiger partial charge in [0.1, 0.15) is 12.1 Å². The van der Waals surface area contributed by atoms with Crippen LogP contribution in [0.2, 0.25) is 0 Å². The number of nitrogens with zero attached hydrogens (tertiary/aromatic N) is 3. The van der Waals surface area contributed by atoms with Crippen LogP contribution in [0.25, 0.3) is 0 Å². The molecule has 7 heteroatoms. The van der Waals surface area contributed by atoms with E-state index in [1.165, 1.54) is 17.3 Å². The smallest absolute Gasteiger partial charge is 0.230 e. The molecule has 6 nitrogen and oxygen atoms in total. The van der Waals surface area contributed by atoms with Crippen molar-refractivity contribution in [3.05, 3.63) is 36.2 Å². The zero-order chi connectivity index (χ0) is 16.9. The van der Waals surface area contributed by atoms with E-state index in [0.29, 0.717) is 24.8 Å². The number of aromatic nitrogens is 3. The van der Waals surface area contributed by atoms with E-state index in [1.807, 2.05) is 22.8 Å². The van der Waals surface area contributed by atoms with Crippen LogP contribution >= 0.6 is 11.8 Å². The molecular weight excluding hydrogens is 324 g/mol. The van der Waals surface area contributed by atoms with E-state index in [-0.39, 0.29) is 11.9 Å². The number of nitrogens with one attached hydrogen (secondary N) is 1. The number of carbonyl (C=O) groups excluding carboxylic acids is 1. The van der Waals surface area contributed by atoms with Gasteiger partial charge in [-0.2, -0.15) is 0 Å². The average Bonchev–Trinajstić information content (AvgIpc) is 3.07. The number of rotatable bonds is 6. The molecule has 0 bridgehead atoms. The van der Waals surface area contributed by atoms with Crippen molar-refractivity contribution in [1.82, 2.24) is 20.1 Å². The Bertz CT molecular complexity index is 701. The molecule has 1 aliphatic rings. The maximum absolute atomic E-state index is 12.1. The summed E-state index contributed by atoms with van der Waals surface area (Å²) < 4.78 is 7.71. The lowest BCUT2D eigenvalue weighted by molar-refractivity contribution is -0.118. The van der Waals surface area contributed by atoms with E-state index in [0.717, 1.165) is 17.3 Å². The lowest BCUT2D eigenvalue weighted by Gasteiger charge is -2.25. The summed E-state index contributed by atoms with van der Waals surface area (Å²) in [5, 5.41) is 11.7. The van der Waals surface area contributed by atoms with Crippen molar-refractivity contribution in [3.63, 3.8) is 0 Å². The molecule has 1 atom stereocenters. The van der Waals surface area contributed by atoms with Gasteiger partial charge in [-0.3, -0.25) is 4.79 Å². The summed E-state index contributed by atoms with van der Waals surface area (Å²) in [6.07, 6.45) is 2.63. The number of thioether (sulfide) groups is 1. The van der Waals surface area contributed by atoms with Crippen LogP contribution in [0.3, 0.4) is 0 Å². The largest absolute Gasteiger partial charge is 0.493 e. The molecule has 128 valence electrons. The highest BCUT2D eigenvalue weighted by molar-refractivity contribution is 7.99. The molecule has 24 heavy (non-hydrogen) atoms. The molecule has 1 aliphatic heterocycles. The molecule has 0 radical (unpaired) electrons. The van der Waals surface area contributed by atoms with Gasteiger partial charge in [0.2, 0.25) is 5.91 Å². The predicted molar refractivity (Wildman–Crippen MR) is 93.3 cm³/mol. The minimum Gasteiger partial charge on any atom is -0.493 e. The third-order valence-electron chi connectivity index (χ3n) is 3.97. The fourth-order valence-electron chi connectivity index (χ4n) is 2.65. The maximum atomic E-state index is 12.1. The van der Waals surface area contributed by atoms with E-state index in [1.54, 1.807) is 6.33 Å². The number of fused-ring (bicyclic) bond motifs is 1. The molecule has 0 saturated carbocycles. The summed E-state index contributed by atoms with van der Waals surface area (Å²) in [5.74, 6) is 1.63. The van der Waals surface area contributed by atoms with E-state index in [4.69, 9.17) is 4.74 Å². The molecule has 2 heterocycles. The summed E-state index contributed by atoms with van der Waals surface area (Å²) in [5.41, 5.74) is 1.21. The standard InChI is InChI=1S/C17H22N4O2S/c1-12(2)21-11-19-20-17(21)24-10-16(22)18-8-13-7-14-5-3-4-6-15(14)23-9-13/h3-6,11-13H,7-10H2,1-2H3,(H,18,22). The first-order valence-corrected chi connectivity index (χ1v) is 9.11. The summed E-state index contributed by atoms with van der Waals surface area (Å²) in [4.78, 5) is 12.1. The first kappa shape index (κ1) is 16.8. The second kappa shape index (κ2) is 7.70. The summed E-state index contributed by atoms with van der Waals surface area (Å²) in [6, 6.07) is 8.35. The van der Waals surface area contributed by atoms with Gasteiger partial charge < -0.3 is 14.6 Å². The maximum Gasteiger partial charge on any atom is 0.230 e. The van der Waals surface area contributed by atoms with Crippen LogP contribution in [-0.2, 0) is 11.2 Å². The van der Waals surface area contributed by atoms with Crippen molar-refractivity contribution in [2.75, 3.05) is 18.9 Å². The fraction of sp³-hybridized carbons (Fsp3) is 0.471. The number of para-hydroxylation sites is 1.